The van der Waals surface area contributed by atoms with Crippen molar-refractivity contribution in [3.63, 3.8) is 0 Å². The van der Waals surface area contributed by atoms with Crippen LogP contribution in [-0.4, -0.2) is 42.7 Å². The molecule has 1 aromatic heterocycles. The van der Waals surface area contributed by atoms with Gasteiger partial charge in [0, 0.05) is 25.8 Å². The summed E-state index contributed by atoms with van der Waals surface area (Å²) in [6.45, 7) is 4.46. The third-order valence-corrected chi connectivity index (χ3v) is 5.92. The number of aromatic nitrogens is 2. The molecule has 0 amide bonds. The average molecular weight is 417 g/mol. The molecule has 29 heavy (non-hydrogen) atoms. The molecular weight excluding hydrogens is 392 g/mol. The van der Waals surface area contributed by atoms with Gasteiger partial charge < -0.3 is 19.7 Å². The summed E-state index contributed by atoms with van der Waals surface area (Å²) in [4.78, 5) is 23.7. The first-order valence-corrected chi connectivity index (χ1v) is 10.3. The van der Waals surface area contributed by atoms with E-state index in [2.05, 4.69) is 20.2 Å². The molecule has 1 aromatic carbocycles. The van der Waals surface area contributed by atoms with Crippen molar-refractivity contribution in [2.45, 2.75) is 32.7 Å². The Labute approximate surface area is 175 Å². The van der Waals surface area contributed by atoms with Crippen LogP contribution in [0.2, 0.25) is 5.02 Å². The van der Waals surface area contributed by atoms with Gasteiger partial charge in [-0.3, -0.25) is 0 Å². The van der Waals surface area contributed by atoms with E-state index < -0.39 is 5.97 Å². The fraction of sp³-hybridized carbons (Fsp3) is 0.476. The van der Waals surface area contributed by atoms with Crippen molar-refractivity contribution >= 4 is 29.3 Å². The van der Waals surface area contributed by atoms with Crippen LogP contribution in [-0.2, 0) is 11.3 Å². The fourth-order valence-electron chi connectivity index (χ4n) is 3.71. The summed E-state index contributed by atoms with van der Waals surface area (Å²) >= 11 is 6.22. The van der Waals surface area contributed by atoms with Crippen LogP contribution in [0, 0.1) is 5.41 Å². The van der Waals surface area contributed by atoms with E-state index in [-0.39, 0.29) is 0 Å². The molecule has 0 radical (unpaired) electrons. The molecular formula is C21H25ClN4O3. The van der Waals surface area contributed by atoms with Crippen LogP contribution in [0.5, 0.6) is 5.75 Å². The molecule has 2 heterocycles. The number of hydrogen-bond donors (Lipinski definition) is 1. The molecule has 0 bridgehead atoms. The highest BCUT2D eigenvalue weighted by molar-refractivity contribution is 6.32. The highest BCUT2D eigenvalue weighted by Crippen LogP contribution is 2.53. The van der Waals surface area contributed by atoms with Gasteiger partial charge >= 0.3 is 5.97 Å². The molecule has 154 valence electrons. The van der Waals surface area contributed by atoms with Crippen LogP contribution in [0.4, 0.5) is 11.8 Å². The van der Waals surface area contributed by atoms with Gasteiger partial charge in [0.1, 0.15) is 17.1 Å². The standard InChI is InChI=1S/C21H25ClN4O3/c1-3-29-19(27)15-12-24-20(26-9-8-21(13-26)6-7-21)25-18(15)23-11-14-4-5-17(28-2)16(22)10-14/h4-5,10,12H,3,6-9,11,13H2,1-2H3,(H,23,24,25). The highest BCUT2D eigenvalue weighted by atomic mass is 35.5. The number of esters is 1. The van der Waals surface area contributed by atoms with Crippen LogP contribution < -0.4 is 15.0 Å². The number of carbonyl (C=O) groups is 1. The number of nitrogens with zero attached hydrogens (tertiary/aromatic N) is 3. The Kier molecular flexibility index (Phi) is 5.50. The number of benzene rings is 1. The van der Waals surface area contributed by atoms with Gasteiger partial charge in [-0.2, -0.15) is 4.98 Å². The van der Waals surface area contributed by atoms with Crippen LogP contribution >= 0.6 is 11.6 Å². The molecule has 1 aliphatic carbocycles. The third-order valence-electron chi connectivity index (χ3n) is 5.63. The second kappa shape index (κ2) is 8.06. The second-order valence-electron chi connectivity index (χ2n) is 7.65. The van der Waals surface area contributed by atoms with E-state index in [4.69, 9.17) is 21.1 Å². The number of carbonyl (C=O) groups excluding carboxylic acids is 1. The van der Waals surface area contributed by atoms with E-state index in [9.17, 15) is 4.79 Å². The van der Waals surface area contributed by atoms with E-state index in [0.717, 1.165) is 18.7 Å². The quantitative estimate of drug-likeness (QED) is 0.685. The monoisotopic (exact) mass is 416 g/mol. The second-order valence-corrected chi connectivity index (χ2v) is 8.05. The molecule has 1 aliphatic heterocycles. The molecule has 8 heteroatoms. The van der Waals surface area contributed by atoms with Crippen molar-refractivity contribution in [1.29, 1.82) is 0 Å². The highest BCUT2D eigenvalue weighted by Gasteiger charge is 2.48. The van der Waals surface area contributed by atoms with E-state index in [1.54, 1.807) is 20.2 Å². The predicted octanol–water partition coefficient (Wildman–Crippen LogP) is 3.92. The topological polar surface area (TPSA) is 76.6 Å². The zero-order valence-corrected chi connectivity index (χ0v) is 17.5. The summed E-state index contributed by atoms with van der Waals surface area (Å²) in [6.07, 6.45) is 5.31. The maximum absolute atomic E-state index is 12.4. The number of halogens is 1. The Bertz CT molecular complexity index is 917. The first-order chi connectivity index (χ1) is 14.0. The number of rotatable bonds is 7. The summed E-state index contributed by atoms with van der Waals surface area (Å²) in [5, 5.41) is 3.79. The largest absolute Gasteiger partial charge is 0.495 e. The predicted molar refractivity (Wildman–Crippen MR) is 112 cm³/mol. The van der Waals surface area contributed by atoms with Crippen molar-refractivity contribution in [1.82, 2.24) is 9.97 Å². The SMILES string of the molecule is CCOC(=O)c1cnc(N2CCC3(CC3)C2)nc1NCc1ccc(OC)c(Cl)c1. The first-order valence-electron chi connectivity index (χ1n) is 9.89. The fourth-order valence-corrected chi connectivity index (χ4v) is 3.99. The van der Waals surface area contributed by atoms with E-state index >= 15 is 0 Å². The van der Waals surface area contributed by atoms with Gasteiger partial charge in [0.25, 0.3) is 0 Å². The van der Waals surface area contributed by atoms with Gasteiger partial charge in [-0.15, -0.1) is 0 Å². The summed E-state index contributed by atoms with van der Waals surface area (Å²) in [6, 6.07) is 5.56. The van der Waals surface area contributed by atoms with Crippen LogP contribution in [0.1, 0.15) is 42.1 Å². The summed E-state index contributed by atoms with van der Waals surface area (Å²) in [5.41, 5.74) is 1.75. The minimum atomic E-state index is -0.436. The van der Waals surface area contributed by atoms with Crippen molar-refractivity contribution in [2.24, 2.45) is 5.41 Å². The lowest BCUT2D eigenvalue weighted by Crippen LogP contribution is -2.24. The smallest absolute Gasteiger partial charge is 0.343 e. The molecule has 7 nitrogen and oxygen atoms in total. The Balaban J connectivity index is 1.55. The number of nitrogens with one attached hydrogen (secondary N) is 1. The molecule has 1 saturated carbocycles. The minimum Gasteiger partial charge on any atom is -0.495 e. The van der Waals surface area contributed by atoms with E-state index in [1.807, 2.05) is 18.2 Å². The third kappa shape index (κ3) is 4.24. The molecule has 4 rings (SSSR count). The van der Waals surface area contributed by atoms with Crippen molar-refractivity contribution < 1.29 is 14.3 Å². The maximum Gasteiger partial charge on any atom is 0.343 e. The molecule has 1 saturated heterocycles. The van der Waals surface area contributed by atoms with Crippen molar-refractivity contribution in [3.05, 3.63) is 40.5 Å². The lowest BCUT2D eigenvalue weighted by Gasteiger charge is -2.18. The summed E-state index contributed by atoms with van der Waals surface area (Å²) < 4.78 is 10.4. The number of ether oxygens (including phenoxy) is 2. The van der Waals surface area contributed by atoms with Gasteiger partial charge in [-0.25, -0.2) is 9.78 Å². The Morgan fingerprint density at radius 2 is 2.17 bits per heavy atom. The zero-order chi connectivity index (χ0) is 20.4. The normalized spacial score (nSPS) is 16.7. The lowest BCUT2D eigenvalue weighted by atomic mass is 10.1. The molecule has 1 N–H and O–H groups in total. The molecule has 1 spiro atoms. The molecule has 2 aliphatic rings. The number of hydrogen-bond acceptors (Lipinski definition) is 7. The van der Waals surface area contributed by atoms with Gasteiger partial charge in [0.2, 0.25) is 5.95 Å². The van der Waals surface area contributed by atoms with Crippen LogP contribution in [0.15, 0.2) is 24.4 Å². The summed E-state index contributed by atoms with van der Waals surface area (Å²) in [7, 11) is 1.58. The Morgan fingerprint density at radius 3 is 2.83 bits per heavy atom. The Hall–Kier alpha value is -2.54. The van der Waals surface area contributed by atoms with Crippen LogP contribution in [0.25, 0.3) is 0 Å². The molecule has 2 fully saturated rings. The van der Waals surface area contributed by atoms with Gasteiger partial charge in [0.05, 0.1) is 18.7 Å². The van der Waals surface area contributed by atoms with Crippen molar-refractivity contribution in [3.8, 4) is 5.75 Å². The average Bonchev–Trinajstić information content (AvgIpc) is 3.35. The van der Waals surface area contributed by atoms with Gasteiger partial charge in [-0.05, 0) is 49.3 Å². The van der Waals surface area contributed by atoms with Crippen molar-refractivity contribution in [2.75, 3.05) is 37.0 Å². The maximum atomic E-state index is 12.4. The number of anilines is 2. The van der Waals surface area contributed by atoms with Gasteiger partial charge in [0.15, 0.2) is 0 Å². The Morgan fingerprint density at radius 1 is 1.34 bits per heavy atom. The lowest BCUT2D eigenvalue weighted by molar-refractivity contribution is 0.0526. The summed E-state index contributed by atoms with van der Waals surface area (Å²) in [5.74, 6) is 1.30. The van der Waals surface area contributed by atoms with E-state index in [0.29, 0.717) is 46.7 Å². The number of methoxy groups -OCH3 is 1. The van der Waals surface area contributed by atoms with E-state index in [1.165, 1.54) is 19.3 Å². The van der Waals surface area contributed by atoms with Crippen LogP contribution in [0.3, 0.4) is 0 Å². The molecule has 0 atom stereocenters. The zero-order valence-electron chi connectivity index (χ0n) is 16.7. The molecule has 2 aromatic rings. The minimum absolute atomic E-state index is 0.294. The van der Waals surface area contributed by atoms with Gasteiger partial charge in [-0.1, -0.05) is 17.7 Å². The first kappa shape index (κ1) is 19.8. The molecule has 0 unspecified atom stereocenters.